The lowest BCUT2D eigenvalue weighted by Gasteiger charge is -2.23. The number of benzene rings is 1. The van der Waals surface area contributed by atoms with Crippen LogP contribution in [0.2, 0.25) is 0 Å². The Bertz CT molecular complexity index is 702. The Morgan fingerprint density at radius 1 is 1.27 bits per heavy atom. The minimum Gasteiger partial charge on any atom is -0.474 e. The van der Waals surface area contributed by atoms with Crippen molar-refractivity contribution >= 4 is 6.09 Å². The fourth-order valence-corrected chi connectivity index (χ4v) is 2.55. The zero-order chi connectivity index (χ0) is 18.4. The molecule has 1 aliphatic rings. The molecule has 1 saturated carbocycles. The molecule has 0 spiro atoms. The molecular formula is C20H24N2O4. The predicted octanol–water partition coefficient (Wildman–Crippen LogP) is 3.36. The molecule has 2 N–H and O–H groups in total. The molecular weight excluding hydrogens is 332 g/mol. The zero-order valence-electron chi connectivity index (χ0n) is 14.8. The van der Waals surface area contributed by atoms with Gasteiger partial charge < -0.3 is 19.9 Å². The number of carbonyl (C=O) groups is 1. The van der Waals surface area contributed by atoms with Crippen LogP contribution >= 0.6 is 0 Å². The van der Waals surface area contributed by atoms with Gasteiger partial charge in [-0.1, -0.05) is 37.3 Å². The van der Waals surface area contributed by atoms with Crippen LogP contribution in [0.15, 0.2) is 48.7 Å². The van der Waals surface area contributed by atoms with Crippen molar-refractivity contribution in [2.45, 2.75) is 51.0 Å². The number of aliphatic hydroxyl groups excluding tert-OH is 1. The molecule has 3 rings (SSSR count). The largest absolute Gasteiger partial charge is 0.474 e. The summed E-state index contributed by atoms with van der Waals surface area (Å²) in [5, 5.41) is 13.3. The monoisotopic (exact) mass is 356 g/mol. The third kappa shape index (κ3) is 5.20. The molecule has 1 aliphatic carbocycles. The van der Waals surface area contributed by atoms with Crippen molar-refractivity contribution in [2.24, 2.45) is 0 Å². The third-order valence-electron chi connectivity index (χ3n) is 4.25. The standard InChI is InChI=1S/C20H24N2O4/c1-2-17(22-20(24)25-13-14-6-4-3-5-7-14)19(23)15-8-11-18(21-12-15)26-16-9-10-16/h3-8,11-12,16-17,19,23H,2,9-10,13H2,1H3,(H,22,24)/t17-,19?/m1/s1. The summed E-state index contributed by atoms with van der Waals surface area (Å²) in [4.78, 5) is 16.2. The molecule has 0 radical (unpaired) electrons. The Kier molecular flexibility index (Phi) is 6.07. The van der Waals surface area contributed by atoms with Gasteiger partial charge >= 0.3 is 6.09 Å². The molecule has 2 atom stereocenters. The van der Waals surface area contributed by atoms with Crippen molar-refractivity contribution < 1.29 is 19.4 Å². The number of hydrogen-bond donors (Lipinski definition) is 2. The van der Waals surface area contributed by atoms with E-state index in [1.54, 1.807) is 18.3 Å². The normalized spacial score (nSPS) is 15.8. The Morgan fingerprint density at radius 2 is 2.04 bits per heavy atom. The summed E-state index contributed by atoms with van der Waals surface area (Å²) >= 11 is 0. The number of rotatable bonds is 8. The average molecular weight is 356 g/mol. The minimum absolute atomic E-state index is 0.188. The highest BCUT2D eigenvalue weighted by molar-refractivity contribution is 5.67. The van der Waals surface area contributed by atoms with E-state index in [0.717, 1.165) is 18.4 Å². The molecule has 1 fully saturated rings. The topological polar surface area (TPSA) is 80.7 Å². The summed E-state index contributed by atoms with van der Waals surface area (Å²) < 4.78 is 10.8. The second-order valence-corrected chi connectivity index (χ2v) is 6.41. The van der Waals surface area contributed by atoms with E-state index in [4.69, 9.17) is 9.47 Å². The van der Waals surface area contributed by atoms with E-state index in [1.165, 1.54) is 0 Å². The van der Waals surface area contributed by atoms with Crippen molar-refractivity contribution in [2.75, 3.05) is 0 Å². The van der Waals surface area contributed by atoms with Gasteiger partial charge in [0, 0.05) is 17.8 Å². The van der Waals surface area contributed by atoms with Gasteiger partial charge in [0.15, 0.2) is 0 Å². The number of aliphatic hydroxyl groups is 1. The molecule has 0 bridgehead atoms. The predicted molar refractivity (Wildman–Crippen MR) is 96.7 cm³/mol. The van der Waals surface area contributed by atoms with Gasteiger partial charge in [0.25, 0.3) is 0 Å². The molecule has 1 aromatic heterocycles. The van der Waals surface area contributed by atoms with Crippen LogP contribution in [-0.2, 0) is 11.3 Å². The lowest BCUT2D eigenvalue weighted by molar-refractivity contribution is 0.0999. The van der Waals surface area contributed by atoms with Crippen molar-refractivity contribution in [3.05, 3.63) is 59.8 Å². The smallest absolute Gasteiger partial charge is 0.407 e. The molecule has 0 saturated heterocycles. The van der Waals surface area contributed by atoms with E-state index in [2.05, 4.69) is 10.3 Å². The summed E-state index contributed by atoms with van der Waals surface area (Å²) in [6.45, 7) is 2.08. The van der Waals surface area contributed by atoms with Gasteiger partial charge in [0.1, 0.15) is 18.8 Å². The first kappa shape index (κ1) is 18.2. The first-order valence-electron chi connectivity index (χ1n) is 8.93. The Hall–Kier alpha value is -2.60. The summed E-state index contributed by atoms with van der Waals surface area (Å²) in [5.41, 5.74) is 1.54. The molecule has 6 nitrogen and oxygen atoms in total. The second kappa shape index (κ2) is 8.67. The van der Waals surface area contributed by atoms with E-state index in [0.29, 0.717) is 17.9 Å². The van der Waals surface area contributed by atoms with Gasteiger partial charge in [-0.15, -0.1) is 0 Å². The first-order chi connectivity index (χ1) is 12.7. The highest BCUT2D eigenvalue weighted by Crippen LogP contribution is 2.26. The van der Waals surface area contributed by atoms with Crippen LogP contribution in [0.25, 0.3) is 0 Å². The van der Waals surface area contributed by atoms with Crippen molar-refractivity contribution in [1.82, 2.24) is 10.3 Å². The Morgan fingerprint density at radius 3 is 2.65 bits per heavy atom. The van der Waals surface area contributed by atoms with E-state index in [1.807, 2.05) is 37.3 Å². The van der Waals surface area contributed by atoms with E-state index in [-0.39, 0.29) is 12.7 Å². The number of hydrogen-bond acceptors (Lipinski definition) is 5. The van der Waals surface area contributed by atoms with Crippen molar-refractivity contribution in [3.63, 3.8) is 0 Å². The lowest BCUT2D eigenvalue weighted by atomic mass is 10.0. The van der Waals surface area contributed by atoms with Gasteiger partial charge in [-0.05, 0) is 30.9 Å². The number of amides is 1. The van der Waals surface area contributed by atoms with Crippen LogP contribution in [0.4, 0.5) is 4.79 Å². The van der Waals surface area contributed by atoms with E-state index < -0.39 is 18.2 Å². The average Bonchev–Trinajstić information content (AvgIpc) is 3.49. The third-order valence-corrected chi connectivity index (χ3v) is 4.25. The molecule has 1 amide bonds. The summed E-state index contributed by atoms with van der Waals surface area (Å²) in [7, 11) is 0. The van der Waals surface area contributed by atoms with Crippen LogP contribution in [0.1, 0.15) is 43.4 Å². The van der Waals surface area contributed by atoms with Crippen LogP contribution in [0, 0.1) is 0 Å². The second-order valence-electron chi connectivity index (χ2n) is 6.41. The number of aromatic nitrogens is 1. The summed E-state index contributed by atoms with van der Waals surface area (Å²) in [5.74, 6) is 0.562. The maximum Gasteiger partial charge on any atom is 0.407 e. The number of nitrogens with one attached hydrogen (secondary N) is 1. The molecule has 1 unspecified atom stereocenters. The van der Waals surface area contributed by atoms with Crippen LogP contribution < -0.4 is 10.1 Å². The fourth-order valence-electron chi connectivity index (χ4n) is 2.55. The van der Waals surface area contributed by atoms with Crippen LogP contribution in [0.5, 0.6) is 5.88 Å². The fraction of sp³-hybridized carbons (Fsp3) is 0.400. The van der Waals surface area contributed by atoms with Crippen LogP contribution in [0.3, 0.4) is 0 Å². The minimum atomic E-state index is -0.869. The lowest BCUT2D eigenvalue weighted by Crippen LogP contribution is -2.39. The highest BCUT2D eigenvalue weighted by Gasteiger charge is 2.25. The molecule has 1 heterocycles. The number of ether oxygens (including phenoxy) is 2. The Labute approximate surface area is 153 Å². The van der Waals surface area contributed by atoms with Crippen LogP contribution in [-0.4, -0.2) is 28.3 Å². The van der Waals surface area contributed by atoms with Gasteiger partial charge in [0.2, 0.25) is 5.88 Å². The van der Waals surface area contributed by atoms with E-state index >= 15 is 0 Å². The van der Waals surface area contributed by atoms with Crippen molar-refractivity contribution in [1.29, 1.82) is 0 Å². The summed E-state index contributed by atoms with van der Waals surface area (Å²) in [6, 6.07) is 12.5. The number of nitrogens with zero attached hydrogens (tertiary/aromatic N) is 1. The van der Waals surface area contributed by atoms with Gasteiger partial charge in [-0.3, -0.25) is 0 Å². The molecule has 0 aliphatic heterocycles. The zero-order valence-corrected chi connectivity index (χ0v) is 14.8. The molecule has 138 valence electrons. The molecule has 6 heteroatoms. The maximum absolute atomic E-state index is 12.0. The quantitative estimate of drug-likeness (QED) is 0.758. The van der Waals surface area contributed by atoms with Gasteiger partial charge in [0.05, 0.1) is 6.04 Å². The summed E-state index contributed by atoms with van der Waals surface area (Å²) in [6.07, 6.45) is 3.14. The number of alkyl carbamates (subject to hydrolysis) is 1. The van der Waals surface area contributed by atoms with E-state index in [9.17, 15) is 9.90 Å². The molecule has 26 heavy (non-hydrogen) atoms. The molecule has 2 aromatic rings. The van der Waals surface area contributed by atoms with Gasteiger partial charge in [-0.2, -0.15) is 0 Å². The van der Waals surface area contributed by atoms with Gasteiger partial charge in [-0.25, -0.2) is 9.78 Å². The number of pyridine rings is 1. The SMILES string of the molecule is CC[C@@H](NC(=O)OCc1ccccc1)C(O)c1ccc(OC2CC2)nc1. The number of carbonyl (C=O) groups excluding carboxylic acids is 1. The highest BCUT2D eigenvalue weighted by atomic mass is 16.5. The maximum atomic E-state index is 12.0. The Balaban J connectivity index is 1.52. The first-order valence-corrected chi connectivity index (χ1v) is 8.93. The molecule has 1 aromatic carbocycles. The van der Waals surface area contributed by atoms with Crippen molar-refractivity contribution in [3.8, 4) is 5.88 Å².